The molecule has 0 aromatic carbocycles. The summed E-state index contributed by atoms with van der Waals surface area (Å²) >= 11 is 1.08. The fourth-order valence-electron chi connectivity index (χ4n) is 2.42. The van der Waals surface area contributed by atoms with Crippen molar-refractivity contribution in [1.82, 2.24) is 39.2 Å². The third kappa shape index (κ3) is 25.0. The van der Waals surface area contributed by atoms with Crippen LogP contribution in [-0.4, -0.2) is 62.7 Å². The van der Waals surface area contributed by atoms with Gasteiger partial charge in [-0.3, -0.25) is 9.55 Å². The molecule has 1 amide bonds. The van der Waals surface area contributed by atoms with Crippen LogP contribution in [0.1, 0.15) is 110 Å². The van der Waals surface area contributed by atoms with Gasteiger partial charge in [-0.05, 0) is 47.1 Å². The molecule has 0 bridgehead atoms. The number of nitrogens with one attached hydrogen (secondary N) is 1. The number of aromatic amines is 1. The Kier molecular flexibility index (Phi) is 23.0. The maximum absolute atomic E-state index is 11.2. The molecule has 3 aromatic heterocycles. The average Bonchev–Trinajstić information content (AvgIpc) is 3.58. The minimum absolute atomic E-state index is 0. The van der Waals surface area contributed by atoms with Crippen LogP contribution >= 0.6 is 0 Å². The van der Waals surface area contributed by atoms with Crippen molar-refractivity contribution in [3.63, 3.8) is 0 Å². The summed E-state index contributed by atoms with van der Waals surface area (Å²) in [6.07, 6.45) is 7.90. The van der Waals surface area contributed by atoms with Crippen LogP contribution in [0.25, 0.3) is 5.32 Å². The monoisotopic (exact) mass is 918 g/mol. The molecule has 1 N–H and O–H groups in total. The summed E-state index contributed by atoms with van der Waals surface area (Å²) in [6, 6.07) is 0. The third-order valence-electron chi connectivity index (χ3n) is 5.42. The van der Waals surface area contributed by atoms with Crippen molar-refractivity contribution in [2.75, 3.05) is 6.54 Å². The first-order chi connectivity index (χ1) is 21.0. The summed E-state index contributed by atoms with van der Waals surface area (Å²) in [4.78, 5) is 43.6. The van der Waals surface area contributed by atoms with E-state index in [0.717, 1.165) is 25.4 Å². The quantitative estimate of drug-likeness (QED) is 0.314. The molecule has 1 radical (unpaired) electrons. The number of amides is 1. The third-order valence-corrected chi connectivity index (χ3v) is 5.88. The van der Waals surface area contributed by atoms with Crippen molar-refractivity contribution in [1.29, 1.82) is 0 Å². The first-order valence-electron chi connectivity index (χ1n) is 14.9. The summed E-state index contributed by atoms with van der Waals surface area (Å²) in [5, 5.41) is 11.3. The normalized spacial score (nSPS) is 11.5. The Morgan fingerprint density at radius 2 is 1.40 bits per heavy atom. The summed E-state index contributed by atoms with van der Waals surface area (Å²) in [7, 11) is 7.26. The van der Waals surface area contributed by atoms with Crippen LogP contribution in [-0.2, 0) is 73.6 Å². The predicted octanol–water partition coefficient (Wildman–Crippen LogP) is 5.77. The molecule has 0 atom stereocenters. The Labute approximate surface area is 323 Å². The Hall–Kier alpha value is -2.02. The molecule has 0 spiro atoms. The van der Waals surface area contributed by atoms with Gasteiger partial charge >= 0.3 is 83.4 Å². The Morgan fingerprint density at radius 1 is 0.917 bits per heavy atom. The van der Waals surface area contributed by atoms with Gasteiger partial charge in [-0.2, -0.15) is 4.98 Å². The van der Waals surface area contributed by atoms with Crippen molar-refractivity contribution in [2.45, 2.75) is 131 Å². The van der Waals surface area contributed by atoms with E-state index in [-0.39, 0.29) is 72.7 Å². The molecular weight excluding hydrogens is 861 g/mol. The summed E-state index contributed by atoms with van der Waals surface area (Å²) < 4.78 is 12.2. The first kappa shape index (κ1) is 50.4. The summed E-state index contributed by atoms with van der Waals surface area (Å²) in [6.45, 7) is 30.3. The van der Waals surface area contributed by atoms with Gasteiger partial charge in [0.05, 0.1) is 6.20 Å². The van der Waals surface area contributed by atoms with Crippen molar-refractivity contribution >= 4 is 5.91 Å². The van der Waals surface area contributed by atoms with E-state index in [1.165, 1.54) is 17.3 Å². The van der Waals surface area contributed by atoms with Gasteiger partial charge in [-0.25, -0.2) is 14.6 Å². The van der Waals surface area contributed by atoms with Crippen LogP contribution in [0.5, 0.6) is 0 Å². The molecular formula is C32H57N10O4WY-3. The van der Waals surface area contributed by atoms with E-state index in [1.54, 1.807) is 23.8 Å². The van der Waals surface area contributed by atoms with Crippen LogP contribution in [0.4, 0.5) is 0 Å². The zero-order valence-electron chi connectivity index (χ0n) is 31.7. The van der Waals surface area contributed by atoms with Gasteiger partial charge in [0, 0.05) is 49.2 Å². The summed E-state index contributed by atoms with van der Waals surface area (Å²) in [5.74, 6) is 0.810. The number of aromatic nitrogens is 7. The summed E-state index contributed by atoms with van der Waals surface area (Å²) in [5.41, 5.74) is -1.33. The molecule has 0 aliphatic rings. The van der Waals surface area contributed by atoms with Gasteiger partial charge < -0.3 is 28.0 Å². The molecule has 271 valence electrons. The molecule has 0 saturated heterocycles. The Bertz CT molecular complexity index is 1360. The molecule has 0 saturated carbocycles. The van der Waals surface area contributed by atoms with Gasteiger partial charge in [-0.1, -0.05) is 41.5 Å². The van der Waals surface area contributed by atoms with Crippen LogP contribution in [0, 0.1) is 14.1 Å². The minimum Gasteiger partial charge on any atom is -0.606 e. The van der Waals surface area contributed by atoms with Gasteiger partial charge in [0.1, 0.15) is 24.7 Å². The van der Waals surface area contributed by atoms with Gasteiger partial charge in [0.2, 0.25) is 0 Å². The molecule has 0 unspecified atom stereocenters. The molecule has 14 nitrogen and oxygen atoms in total. The van der Waals surface area contributed by atoms with Gasteiger partial charge in [0.15, 0.2) is 6.39 Å². The number of hydrogen-bond donors (Lipinski definition) is 1. The number of hydrogen-bond acceptors (Lipinski definition) is 10. The second-order valence-electron chi connectivity index (χ2n) is 15.4. The predicted molar refractivity (Wildman–Crippen MR) is 182 cm³/mol. The second-order valence-corrected chi connectivity index (χ2v) is 16.3. The van der Waals surface area contributed by atoms with Gasteiger partial charge in [-0.15, -0.1) is 10.2 Å². The standard InChI is InChI=1S/C7H11N3O2.C7H11NO.C6H11N3.C6H12N2O.C6H13N.W.Y/c1-7(2,3)10-4-8-5(11)9-6(10)12;1-7(2,3)6-4-8-5-9-6;1-6(2,3)9-4-7-8-5-9;1-6(2,3)8-5(9)4-7;1-6(2,3)7(4)5;;/h4H,1-3H3,(H,9,11,12);2*4-5H,1-3H3;4H2,1-3H3,(H,8,9);4-5H2,1-3H3;;/q;;;;-2;;/p-1. The fourth-order valence-corrected chi connectivity index (χ4v) is 2.82. The number of H-pyrrole nitrogens is 1. The largest absolute Gasteiger partial charge is 0.606 e. The number of carbonyl (C=O) groups is 1. The Balaban J connectivity index is -0.000000530. The molecule has 3 rings (SSSR count). The molecule has 48 heavy (non-hydrogen) atoms. The number of nitrogens with zero attached hydrogens (tertiary/aromatic N) is 9. The molecule has 3 heterocycles. The number of oxazole rings is 1. The SMILES string of the molecule is CC(C)(C)[N-]C(=O)C[N]=[W].CC(C)(C)c1cnco1.CC(C)(C)n1cnc(=O)[nH]c1=O.CC(C)(C)n1cnnc1.[CH2-]N([CH2-])C(C)(C)C.[Y]. The first-order valence-corrected chi connectivity index (χ1v) is 16.2. The van der Waals surface area contributed by atoms with Crippen LogP contribution in [0.2, 0.25) is 0 Å². The molecule has 16 heteroatoms. The van der Waals surface area contributed by atoms with Crippen molar-refractivity contribution in [3.05, 3.63) is 77.7 Å². The van der Waals surface area contributed by atoms with E-state index >= 15 is 0 Å². The minimum atomic E-state index is -0.611. The molecule has 3 aromatic rings. The van der Waals surface area contributed by atoms with E-state index in [9.17, 15) is 14.4 Å². The zero-order valence-corrected chi connectivity index (χ0v) is 37.4. The van der Waals surface area contributed by atoms with Crippen molar-refractivity contribution in [3.8, 4) is 0 Å². The van der Waals surface area contributed by atoms with E-state index in [4.69, 9.17) is 4.42 Å². The zero-order chi connectivity index (χ0) is 37.4. The topological polar surface area (TPSA) is 171 Å². The van der Waals surface area contributed by atoms with Crippen molar-refractivity contribution < 1.29 is 61.6 Å². The molecule has 0 aliphatic heterocycles. The number of rotatable bonds is 2. The van der Waals surface area contributed by atoms with E-state index in [2.05, 4.69) is 110 Å². The molecule has 0 aliphatic carbocycles. The maximum Gasteiger partial charge on any atom is 0.350 e. The average molecular weight is 919 g/mol. The van der Waals surface area contributed by atoms with Crippen LogP contribution in [0.3, 0.4) is 0 Å². The van der Waals surface area contributed by atoms with Crippen LogP contribution < -0.4 is 11.4 Å². The smallest absolute Gasteiger partial charge is 0.350 e. The van der Waals surface area contributed by atoms with Crippen molar-refractivity contribution in [2.24, 2.45) is 3.50 Å². The van der Waals surface area contributed by atoms with E-state index in [0.29, 0.717) is 0 Å². The fraction of sp³-hybridized carbons (Fsp3) is 0.656. The van der Waals surface area contributed by atoms with Crippen LogP contribution in [0.15, 0.2) is 49.1 Å². The maximum atomic E-state index is 11.2. The van der Waals surface area contributed by atoms with E-state index < -0.39 is 11.4 Å². The van der Waals surface area contributed by atoms with Gasteiger partial charge in [0.25, 0.3) is 0 Å². The number of carbonyl (C=O) groups excluding carboxylic acids is 1. The molecule has 0 fully saturated rings. The second kappa shape index (κ2) is 21.9. The Morgan fingerprint density at radius 3 is 1.65 bits per heavy atom. The van der Waals surface area contributed by atoms with E-state index in [1.807, 2.05) is 46.1 Å².